The lowest BCUT2D eigenvalue weighted by molar-refractivity contribution is 0.0600. The predicted molar refractivity (Wildman–Crippen MR) is 84.3 cm³/mol. The number of hydrogen-bond acceptors (Lipinski definition) is 3. The van der Waals surface area contributed by atoms with Gasteiger partial charge in [-0.15, -0.1) is 0 Å². The van der Waals surface area contributed by atoms with Gasteiger partial charge < -0.3 is 9.64 Å². The summed E-state index contributed by atoms with van der Waals surface area (Å²) in [5, 5.41) is 0. The van der Waals surface area contributed by atoms with Crippen molar-refractivity contribution in [3.8, 4) is 0 Å². The number of methoxy groups -OCH3 is 1. The van der Waals surface area contributed by atoms with Crippen molar-refractivity contribution in [2.24, 2.45) is 0 Å². The fourth-order valence-corrected chi connectivity index (χ4v) is 2.57. The highest BCUT2D eigenvalue weighted by Gasteiger charge is 2.19. The Labute approximate surface area is 124 Å². The van der Waals surface area contributed by atoms with Crippen molar-refractivity contribution in [2.75, 3.05) is 18.6 Å². The highest BCUT2D eigenvalue weighted by atomic mass is 16.5. The minimum Gasteiger partial charge on any atom is -0.465 e. The SMILES string of the molecule is COC(=O)c1ccc2c(c1)CCN2/C=C\c1ccccc1. The lowest BCUT2D eigenvalue weighted by atomic mass is 10.1. The number of hydrogen-bond donors (Lipinski definition) is 0. The third kappa shape index (κ3) is 2.82. The van der Waals surface area contributed by atoms with E-state index in [-0.39, 0.29) is 5.97 Å². The molecule has 1 aliphatic rings. The van der Waals surface area contributed by atoms with E-state index < -0.39 is 0 Å². The van der Waals surface area contributed by atoms with Crippen LogP contribution in [0.4, 0.5) is 5.69 Å². The summed E-state index contributed by atoms with van der Waals surface area (Å²) >= 11 is 0. The lowest BCUT2D eigenvalue weighted by Crippen LogP contribution is -2.11. The normalized spacial score (nSPS) is 13.5. The highest BCUT2D eigenvalue weighted by Crippen LogP contribution is 2.29. The van der Waals surface area contributed by atoms with Crippen LogP contribution in [0.5, 0.6) is 0 Å². The van der Waals surface area contributed by atoms with Crippen LogP contribution in [0.1, 0.15) is 21.5 Å². The maximum Gasteiger partial charge on any atom is 0.337 e. The van der Waals surface area contributed by atoms with E-state index in [1.165, 1.54) is 18.2 Å². The maximum atomic E-state index is 11.6. The van der Waals surface area contributed by atoms with Gasteiger partial charge in [-0.3, -0.25) is 0 Å². The molecule has 3 nitrogen and oxygen atoms in total. The van der Waals surface area contributed by atoms with Crippen molar-refractivity contribution in [1.82, 2.24) is 0 Å². The van der Waals surface area contributed by atoms with Crippen molar-refractivity contribution in [3.05, 3.63) is 71.4 Å². The Hall–Kier alpha value is -2.55. The quantitative estimate of drug-likeness (QED) is 0.805. The van der Waals surface area contributed by atoms with Crippen LogP contribution in [0.2, 0.25) is 0 Å². The van der Waals surface area contributed by atoms with Gasteiger partial charge in [-0.25, -0.2) is 4.79 Å². The molecule has 0 N–H and O–H groups in total. The summed E-state index contributed by atoms with van der Waals surface area (Å²) in [5.41, 5.74) is 4.15. The molecule has 106 valence electrons. The molecule has 0 bridgehead atoms. The van der Waals surface area contributed by atoms with Crippen molar-refractivity contribution >= 4 is 17.7 Å². The summed E-state index contributed by atoms with van der Waals surface area (Å²) < 4.78 is 4.76. The molecule has 0 saturated heterocycles. The Morgan fingerprint density at radius 3 is 2.76 bits per heavy atom. The van der Waals surface area contributed by atoms with Crippen LogP contribution in [0.15, 0.2) is 54.7 Å². The number of rotatable bonds is 3. The number of benzene rings is 2. The third-order valence-corrected chi connectivity index (χ3v) is 3.68. The van der Waals surface area contributed by atoms with E-state index >= 15 is 0 Å². The molecular weight excluding hydrogens is 262 g/mol. The second-order valence-corrected chi connectivity index (χ2v) is 5.00. The zero-order valence-electron chi connectivity index (χ0n) is 12.0. The van der Waals surface area contributed by atoms with Gasteiger partial charge in [0.1, 0.15) is 0 Å². The number of fused-ring (bicyclic) bond motifs is 1. The molecule has 0 spiro atoms. The average molecular weight is 279 g/mol. The van der Waals surface area contributed by atoms with E-state index in [1.807, 2.05) is 36.4 Å². The monoisotopic (exact) mass is 279 g/mol. The highest BCUT2D eigenvalue weighted by molar-refractivity contribution is 5.90. The second kappa shape index (κ2) is 5.83. The van der Waals surface area contributed by atoms with Crippen molar-refractivity contribution in [2.45, 2.75) is 6.42 Å². The van der Waals surface area contributed by atoms with Crippen molar-refractivity contribution in [1.29, 1.82) is 0 Å². The minimum atomic E-state index is -0.281. The maximum absolute atomic E-state index is 11.6. The van der Waals surface area contributed by atoms with Gasteiger partial charge in [0.25, 0.3) is 0 Å². The Kier molecular flexibility index (Phi) is 3.73. The summed E-state index contributed by atoms with van der Waals surface area (Å²) in [4.78, 5) is 13.8. The number of carbonyl (C=O) groups excluding carboxylic acids is 1. The fraction of sp³-hybridized carbons (Fsp3) is 0.167. The summed E-state index contributed by atoms with van der Waals surface area (Å²) in [6, 6.07) is 16.0. The van der Waals surface area contributed by atoms with Gasteiger partial charge in [0.15, 0.2) is 0 Å². The third-order valence-electron chi connectivity index (χ3n) is 3.68. The molecule has 1 heterocycles. The zero-order chi connectivity index (χ0) is 14.7. The van der Waals surface area contributed by atoms with Gasteiger partial charge in [0.05, 0.1) is 12.7 Å². The molecule has 0 atom stereocenters. The van der Waals surface area contributed by atoms with Gasteiger partial charge in [0, 0.05) is 18.4 Å². The van der Waals surface area contributed by atoms with Crippen molar-refractivity contribution < 1.29 is 9.53 Å². The molecule has 0 amide bonds. The predicted octanol–water partition coefficient (Wildman–Crippen LogP) is 3.51. The van der Waals surface area contributed by atoms with Crippen LogP contribution < -0.4 is 4.90 Å². The summed E-state index contributed by atoms with van der Waals surface area (Å²) in [5.74, 6) is -0.281. The molecule has 0 radical (unpaired) electrons. The second-order valence-electron chi connectivity index (χ2n) is 5.00. The first-order chi connectivity index (χ1) is 10.3. The van der Waals surface area contributed by atoms with E-state index in [4.69, 9.17) is 4.74 Å². The Morgan fingerprint density at radius 2 is 2.00 bits per heavy atom. The van der Waals surface area contributed by atoms with Crippen LogP contribution in [-0.2, 0) is 11.2 Å². The van der Waals surface area contributed by atoms with E-state index in [1.54, 1.807) is 0 Å². The van der Waals surface area contributed by atoms with Gasteiger partial charge in [-0.1, -0.05) is 30.3 Å². The molecule has 0 aromatic heterocycles. The van der Waals surface area contributed by atoms with Crippen LogP contribution in [0.25, 0.3) is 6.08 Å². The Balaban J connectivity index is 1.81. The molecule has 3 rings (SSSR count). The molecule has 0 aliphatic carbocycles. The minimum absolute atomic E-state index is 0.281. The lowest BCUT2D eigenvalue weighted by Gasteiger charge is -2.14. The summed E-state index contributed by atoms with van der Waals surface area (Å²) in [6.07, 6.45) is 5.14. The van der Waals surface area contributed by atoms with Crippen LogP contribution in [-0.4, -0.2) is 19.6 Å². The molecule has 2 aromatic carbocycles. The van der Waals surface area contributed by atoms with Gasteiger partial charge in [-0.05, 0) is 41.8 Å². The Morgan fingerprint density at radius 1 is 1.19 bits per heavy atom. The van der Waals surface area contributed by atoms with Gasteiger partial charge in [-0.2, -0.15) is 0 Å². The smallest absolute Gasteiger partial charge is 0.337 e. The number of ether oxygens (including phenoxy) is 1. The van der Waals surface area contributed by atoms with Crippen LogP contribution in [0.3, 0.4) is 0 Å². The van der Waals surface area contributed by atoms with Crippen LogP contribution >= 0.6 is 0 Å². The molecule has 2 aromatic rings. The van der Waals surface area contributed by atoms with E-state index in [0.717, 1.165) is 18.7 Å². The molecule has 0 fully saturated rings. The van der Waals surface area contributed by atoms with E-state index in [2.05, 4.69) is 29.3 Å². The first-order valence-corrected chi connectivity index (χ1v) is 6.99. The molecule has 3 heteroatoms. The molecule has 0 unspecified atom stereocenters. The molecule has 1 aliphatic heterocycles. The first kappa shape index (κ1) is 13.4. The van der Waals surface area contributed by atoms with Crippen molar-refractivity contribution in [3.63, 3.8) is 0 Å². The molecule has 0 saturated carbocycles. The summed E-state index contributed by atoms with van der Waals surface area (Å²) in [7, 11) is 1.41. The zero-order valence-corrected chi connectivity index (χ0v) is 12.0. The number of esters is 1. The summed E-state index contributed by atoms with van der Waals surface area (Å²) in [6.45, 7) is 0.934. The first-order valence-electron chi connectivity index (χ1n) is 6.99. The molecular formula is C18H17NO2. The number of nitrogens with zero attached hydrogens (tertiary/aromatic N) is 1. The topological polar surface area (TPSA) is 29.5 Å². The largest absolute Gasteiger partial charge is 0.465 e. The number of anilines is 1. The van der Waals surface area contributed by atoms with Gasteiger partial charge in [0.2, 0.25) is 0 Å². The van der Waals surface area contributed by atoms with Gasteiger partial charge >= 0.3 is 5.97 Å². The molecule has 21 heavy (non-hydrogen) atoms. The van der Waals surface area contributed by atoms with E-state index in [9.17, 15) is 4.79 Å². The fourth-order valence-electron chi connectivity index (χ4n) is 2.57. The number of carbonyl (C=O) groups is 1. The average Bonchev–Trinajstić information content (AvgIpc) is 2.95. The van der Waals surface area contributed by atoms with E-state index in [0.29, 0.717) is 5.56 Å². The Bertz CT molecular complexity index is 677. The standard InChI is InChI=1S/C18H17NO2/c1-21-18(20)16-7-8-17-15(13-16)10-12-19(17)11-9-14-5-3-2-4-6-14/h2-9,11,13H,10,12H2,1H3/b11-9-. The van der Waals surface area contributed by atoms with Crippen LogP contribution in [0, 0.1) is 0 Å².